The van der Waals surface area contributed by atoms with E-state index >= 15 is 0 Å². The van der Waals surface area contributed by atoms with Gasteiger partial charge >= 0.3 is 0 Å². The van der Waals surface area contributed by atoms with Gasteiger partial charge in [0.2, 0.25) is 0 Å². The van der Waals surface area contributed by atoms with Crippen LogP contribution in [0.3, 0.4) is 0 Å². The van der Waals surface area contributed by atoms with Crippen molar-refractivity contribution in [1.82, 2.24) is 19.1 Å². The van der Waals surface area contributed by atoms with Gasteiger partial charge in [0, 0.05) is 41.7 Å². The van der Waals surface area contributed by atoms with E-state index in [1.54, 1.807) is 0 Å². The van der Waals surface area contributed by atoms with E-state index in [1.165, 1.54) is 120 Å². The van der Waals surface area contributed by atoms with Crippen LogP contribution in [0.2, 0.25) is 0 Å². The fourth-order valence-electron chi connectivity index (χ4n) is 12.5. The molecule has 0 bridgehead atoms. The molecule has 14 aromatic rings. The molecule has 2 heterocycles. The second kappa shape index (κ2) is 12.1. The molecule has 0 saturated heterocycles. The summed E-state index contributed by atoms with van der Waals surface area (Å²) in [6.07, 6.45) is 0. The van der Waals surface area contributed by atoms with Crippen LogP contribution in [0, 0.1) is 0 Å². The lowest BCUT2D eigenvalue weighted by Crippen LogP contribution is -2.01. The van der Waals surface area contributed by atoms with Crippen LogP contribution in [0.1, 0.15) is 0 Å². The quantitative estimate of drug-likeness (QED) is 0.163. The highest BCUT2D eigenvalue weighted by Crippen LogP contribution is 2.60. The zero-order chi connectivity index (χ0) is 43.1. The minimum atomic E-state index is 0.958. The fraction of sp³-hybridized carbons (Fsp3) is 0.0323. The predicted octanol–water partition coefficient (Wildman–Crippen LogP) is 16.2. The van der Waals surface area contributed by atoms with Crippen molar-refractivity contribution in [2.45, 2.75) is 0 Å². The lowest BCUT2D eigenvalue weighted by atomic mass is 9.83. The molecular weight excluding hydrogens is 801 g/mol. The average Bonchev–Trinajstić information content (AvgIpc) is 4.08. The van der Waals surface area contributed by atoms with E-state index in [-0.39, 0.29) is 0 Å². The molecule has 0 radical (unpaired) electrons. The van der Waals surface area contributed by atoms with Crippen LogP contribution in [0.4, 0.5) is 0 Å². The number of fused-ring (bicyclic) bond motifs is 17. The van der Waals surface area contributed by atoms with Gasteiger partial charge in [-0.2, -0.15) is 0 Å². The number of aryl methyl sites for hydroxylation is 2. The maximum absolute atomic E-state index is 5.57. The average molecular weight is 837 g/mol. The second-order valence-corrected chi connectivity index (χ2v) is 18.5. The molecule has 0 N–H and O–H groups in total. The zero-order valence-corrected chi connectivity index (χ0v) is 36.1. The molecule has 2 aliphatic rings. The number of hydrogen-bond acceptors (Lipinski definition) is 2. The number of rotatable bonds is 2. The first-order valence-electron chi connectivity index (χ1n) is 22.9. The highest BCUT2D eigenvalue weighted by atomic mass is 15.1. The van der Waals surface area contributed by atoms with Crippen LogP contribution in [-0.4, -0.2) is 19.1 Å². The smallest absolute Gasteiger partial charge is 0.142 e. The molecule has 4 heteroatoms. The third kappa shape index (κ3) is 4.21. The molecule has 0 atom stereocenters. The first-order chi connectivity index (χ1) is 32.6. The highest BCUT2D eigenvalue weighted by Gasteiger charge is 2.35. The Balaban J connectivity index is 1.11. The molecule has 304 valence electrons. The summed E-state index contributed by atoms with van der Waals surface area (Å²) < 4.78 is 4.61. The summed E-state index contributed by atoms with van der Waals surface area (Å²) in [4.78, 5) is 11.1. The van der Waals surface area contributed by atoms with Gasteiger partial charge in [-0.3, -0.25) is 0 Å². The molecule has 0 spiro atoms. The summed E-state index contributed by atoms with van der Waals surface area (Å²) in [5, 5.41) is 17.6. The van der Waals surface area contributed by atoms with Crippen molar-refractivity contribution in [3.05, 3.63) is 182 Å². The Kier molecular flexibility index (Phi) is 6.41. The van der Waals surface area contributed by atoms with Gasteiger partial charge in [0.25, 0.3) is 0 Å². The summed E-state index contributed by atoms with van der Waals surface area (Å²) >= 11 is 0. The molecule has 12 aromatic carbocycles. The molecular formula is C62H36N4. The van der Waals surface area contributed by atoms with Gasteiger partial charge in [-0.1, -0.05) is 133 Å². The Labute approximate surface area is 378 Å². The standard InChI is InChI=1S/C62H36N4/c1-65-52-23-9-7-21-50(52)63-61(65)59-44-28-27-38-42(26-25-35-29-46-47(32-45(35)38)41-19-11-17-39-36-15-5-3-13-33(36)30-48(46)54(39)41)56(44)60(62-64-51-22-8-10-24-53(51)66(62)2)57-43-20-12-18-40-37-16-6-4-14-34(37)31-49(55(40)43)58(57)59/h3-32H,1-2H3. The van der Waals surface area contributed by atoms with Crippen molar-refractivity contribution in [2.75, 3.05) is 0 Å². The molecule has 2 aromatic heterocycles. The summed E-state index contributed by atoms with van der Waals surface area (Å²) in [7, 11) is 4.36. The number of imidazole rings is 2. The van der Waals surface area contributed by atoms with Gasteiger partial charge in [-0.25, -0.2) is 9.97 Å². The summed E-state index contributed by atoms with van der Waals surface area (Å²) in [6, 6.07) is 67.8. The Hall–Kier alpha value is -8.60. The number of benzene rings is 12. The Morgan fingerprint density at radius 3 is 1.47 bits per heavy atom. The molecule has 0 fully saturated rings. The molecule has 2 aliphatic carbocycles. The van der Waals surface area contributed by atoms with Gasteiger partial charge < -0.3 is 9.13 Å². The molecule has 0 saturated carbocycles. The van der Waals surface area contributed by atoms with E-state index < -0.39 is 0 Å². The maximum atomic E-state index is 5.57. The fourth-order valence-corrected chi connectivity index (χ4v) is 12.5. The van der Waals surface area contributed by atoms with Crippen molar-refractivity contribution in [2.24, 2.45) is 14.1 Å². The van der Waals surface area contributed by atoms with Crippen LogP contribution >= 0.6 is 0 Å². The highest BCUT2D eigenvalue weighted by molar-refractivity contribution is 6.35. The minimum absolute atomic E-state index is 0.958. The summed E-state index contributed by atoms with van der Waals surface area (Å²) in [6.45, 7) is 0. The molecule has 16 rings (SSSR count). The number of para-hydroxylation sites is 4. The molecule has 66 heavy (non-hydrogen) atoms. The van der Waals surface area contributed by atoms with E-state index in [2.05, 4.69) is 205 Å². The first-order valence-corrected chi connectivity index (χ1v) is 22.9. The van der Waals surface area contributed by atoms with Crippen molar-refractivity contribution in [3.8, 4) is 67.3 Å². The first kappa shape index (κ1) is 34.8. The van der Waals surface area contributed by atoms with E-state index in [0.717, 1.165) is 44.8 Å². The van der Waals surface area contributed by atoms with Crippen molar-refractivity contribution in [3.63, 3.8) is 0 Å². The maximum Gasteiger partial charge on any atom is 0.142 e. The topological polar surface area (TPSA) is 35.6 Å². The van der Waals surface area contributed by atoms with Crippen LogP contribution in [-0.2, 0) is 14.1 Å². The molecule has 0 aliphatic heterocycles. The van der Waals surface area contributed by atoms with Gasteiger partial charge in [-0.15, -0.1) is 0 Å². The van der Waals surface area contributed by atoms with Crippen LogP contribution in [0.5, 0.6) is 0 Å². The number of hydrogen-bond donors (Lipinski definition) is 0. The number of nitrogens with zero attached hydrogens (tertiary/aromatic N) is 4. The van der Waals surface area contributed by atoms with Gasteiger partial charge in [0.15, 0.2) is 0 Å². The lowest BCUT2D eigenvalue weighted by molar-refractivity contribution is 0.959. The Morgan fingerprint density at radius 2 is 0.773 bits per heavy atom. The lowest BCUT2D eigenvalue weighted by Gasteiger charge is -2.21. The van der Waals surface area contributed by atoms with Crippen molar-refractivity contribution < 1.29 is 0 Å². The molecule has 0 amide bonds. The zero-order valence-electron chi connectivity index (χ0n) is 36.1. The number of aromatic nitrogens is 4. The third-order valence-corrected chi connectivity index (χ3v) is 15.3. The normalized spacial score (nSPS) is 12.7. The van der Waals surface area contributed by atoms with E-state index in [0.29, 0.717) is 0 Å². The monoisotopic (exact) mass is 836 g/mol. The van der Waals surface area contributed by atoms with E-state index in [4.69, 9.17) is 9.97 Å². The molecule has 0 unspecified atom stereocenters. The SMILES string of the molecule is Cn1c(-c2c3c(c(-c4nc5ccccc5n4C)c4c2ccc2c5cc6c(cc5ccc24)-c2cc4ccccc4c4cccc-6c24)-c2cccc4c2c-3cc2ccccc24)nc2ccccc21. The Bertz CT molecular complexity index is 4600. The van der Waals surface area contributed by atoms with Gasteiger partial charge in [0.05, 0.1) is 22.1 Å². The largest absolute Gasteiger partial charge is 0.327 e. The van der Waals surface area contributed by atoms with Crippen LogP contribution < -0.4 is 0 Å². The van der Waals surface area contributed by atoms with E-state index in [1.807, 2.05) is 0 Å². The summed E-state index contributed by atoms with van der Waals surface area (Å²) in [5.74, 6) is 1.92. The van der Waals surface area contributed by atoms with Gasteiger partial charge in [0.1, 0.15) is 11.6 Å². The van der Waals surface area contributed by atoms with Crippen molar-refractivity contribution >= 4 is 97.5 Å². The van der Waals surface area contributed by atoms with E-state index in [9.17, 15) is 0 Å². The summed E-state index contributed by atoms with van der Waals surface area (Å²) in [5.41, 5.74) is 16.6. The van der Waals surface area contributed by atoms with Crippen molar-refractivity contribution in [1.29, 1.82) is 0 Å². The van der Waals surface area contributed by atoms with Gasteiger partial charge in [-0.05, 0) is 152 Å². The van der Waals surface area contributed by atoms with Crippen LogP contribution in [0.15, 0.2) is 182 Å². The molecule has 4 nitrogen and oxygen atoms in total. The minimum Gasteiger partial charge on any atom is -0.327 e. The second-order valence-electron chi connectivity index (χ2n) is 18.5. The van der Waals surface area contributed by atoms with Crippen LogP contribution in [0.25, 0.3) is 165 Å². The predicted molar refractivity (Wildman–Crippen MR) is 277 cm³/mol. The Morgan fingerprint density at radius 1 is 0.288 bits per heavy atom. The third-order valence-electron chi connectivity index (χ3n) is 15.3.